The average molecular weight is 309 g/mol. The van der Waals surface area contributed by atoms with Gasteiger partial charge in [-0.3, -0.25) is 4.79 Å². The average Bonchev–Trinajstić information content (AvgIpc) is 2.27. The van der Waals surface area contributed by atoms with Crippen LogP contribution in [0.3, 0.4) is 0 Å². The molecule has 0 aromatic carbocycles. The summed E-state index contributed by atoms with van der Waals surface area (Å²) in [5.41, 5.74) is 0.0754. The van der Waals surface area contributed by atoms with Gasteiger partial charge in [0.05, 0.1) is 5.56 Å². The van der Waals surface area contributed by atoms with Crippen molar-refractivity contribution in [3.8, 4) is 0 Å². The molecular formula is C10H10Cl2N2O3S. The number of nitrogens with zero attached hydrogens (tertiary/aromatic N) is 1. The topological polar surface area (TPSA) is 79.3 Å². The van der Waals surface area contributed by atoms with E-state index in [0.29, 0.717) is 5.75 Å². The Kier molecular flexibility index (Phi) is 5.71. The molecule has 0 saturated heterocycles. The third kappa shape index (κ3) is 4.04. The van der Waals surface area contributed by atoms with Crippen molar-refractivity contribution < 1.29 is 14.7 Å². The highest BCUT2D eigenvalue weighted by atomic mass is 35.5. The van der Waals surface area contributed by atoms with Crippen LogP contribution in [0.2, 0.25) is 10.3 Å². The molecule has 98 valence electrons. The molecule has 0 aliphatic carbocycles. The number of aromatic nitrogens is 1. The van der Waals surface area contributed by atoms with Gasteiger partial charge in [0.2, 0.25) is 0 Å². The summed E-state index contributed by atoms with van der Waals surface area (Å²) < 4.78 is 0. The van der Waals surface area contributed by atoms with Gasteiger partial charge in [-0.1, -0.05) is 23.2 Å². The first-order chi connectivity index (χ1) is 8.45. The first kappa shape index (κ1) is 15.1. The summed E-state index contributed by atoms with van der Waals surface area (Å²) in [4.78, 5) is 26.4. The van der Waals surface area contributed by atoms with Crippen LogP contribution in [0.15, 0.2) is 12.1 Å². The molecule has 5 nitrogen and oxygen atoms in total. The Morgan fingerprint density at radius 2 is 2.11 bits per heavy atom. The largest absolute Gasteiger partial charge is 0.480 e. The maximum atomic E-state index is 11.8. The summed E-state index contributed by atoms with van der Waals surface area (Å²) in [6.07, 6.45) is 0.211. The zero-order valence-corrected chi connectivity index (χ0v) is 11.5. The van der Waals surface area contributed by atoms with Gasteiger partial charge in [0.1, 0.15) is 16.3 Å². The van der Waals surface area contributed by atoms with Crippen molar-refractivity contribution in [1.82, 2.24) is 10.3 Å². The Balaban J connectivity index is 2.83. The van der Waals surface area contributed by atoms with Gasteiger partial charge in [-0.2, -0.15) is 12.6 Å². The first-order valence-corrected chi connectivity index (χ1v) is 6.31. The lowest BCUT2D eigenvalue weighted by atomic mass is 10.2. The van der Waals surface area contributed by atoms with Crippen molar-refractivity contribution in [1.29, 1.82) is 0 Å². The van der Waals surface area contributed by atoms with Crippen LogP contribution in [0.5, 0.6) is 0 Å². The minimum atomic E-state index is -1.13. The lowest BCUT2D eigenvalue weighted by molar-refractivity contribution is -0.139. The van der Waals surface area contributed by atoms with Crippen LogP contribution >= 0.6 is 35.8 Å². The fourth-order valence-electron chi connectivity index (χ4n) is 1.20. The summed E-state index contributed by atoms with van der Waals surface area (Å²) in [7, 11) is 0. The van der Waals surface area contributed by atoms with Crippen molar-refractivity contribution in [3.63, 3.8) is 0 Å². The number of thiol groups is 1. The zero-order valence-electron chi connectivity index (χ0n) is 9.06. The van der Waals surface area contributed by atoms with Gasteiger partial charge in [0, 0.05) is 0 Å². The van der Waals surface area contributed by atoms with Crippen LogP contribution in [-0.2, 0) is 4.79 Å². The monoisotopic (exact) mass is 308 g/mol. The molecular weight excluding hydrogens is 299 g/mol. The van der Waals surface area contributed by atoms with Crippen LogP contribution in [0.25, 0.3) is 0 Å². The van der Waals surface area contributed by atoms with E-state index in [1.807, 2.05) is 0 Å². The molecule has 18 heavy (non-hydrogen) atoms. The van der Waals surface area contributed by atoms with E-state index in [1.165, 1.54) is 12.1 Å². The Labute approximate surface area is 119 Å². The highest BCUT2D eigenvalue weighted by molar-refractivity contribution is 7.80. The number of aliphatic carboxylic acids is 1. The first-order valence-electron chi connectivity index (χ1n) is 4.92. The predicted octanol–water partition coefficient (Wildman–Crippen LogP) is 1.89. The van der Waals surface area contributed by atoms with Crippen molar-refractivity contribution in [2.75, 3.05) is 5.75 Å². The van der Waals surface area contributed by atoms with E-state index in [9.17, 15) is 9.59 Å². The van der Waals surface area contributed by atoms with E-state index in [-0.39, 0.29) is 22.3 Å². The fourth-order valence-corrected chi connectivity index (χ4v) is 1.89. The fraction of sp³-hybridized carbons (Fsp3) is 0.300. The number of rotatable bonds is 5. The summed E-state index contributed by atoms with van der Waals surface area (Å²) >= 11 is 15.3. The molecule has 8 heteroatoms. The molecule has 0 aliphatic heterocycles. The second-order valence-corrected chi connectivity index (χ2v) is 4.54. The summed E-state index contributed by atoms with van der Waals surface area (Å²) in [6, 6.07) is 1.77. The smallest absolute Gasteiger partial charge is 0.326 e. The molecule has 0 fully saturated rings. The minimum Gasteiger partial charge on any atom is -0.480 e. The molecule has 1 aromatic rings. The molecule has 1 atom stereocenters. The summed E-state index contributed by atoms with van der Waals surface area (Å²) in [5, 5.41) is 11.3. The summed E-state index contributed by atoms with van der Waals surface area (Å²) in [5.74, 6) is -1.40. The number of hydrogen-bond donors (Lipinski definition) is 3. The minimum absolute atomic E-state index is 0.0741. The number of hydrogen-bond acceptors (Lipinski definition) is 4. The van der Waals surface area contributed by atoms with Crippen LogP contribution in [0, 0.1) is 0 Å². The predicted molar refractivity (Wildman–Crippen MR) is 71.6 cm³/mol. The SMILES string of the molecule is O=C(NC(CCS)C(=O)O)c1ccc(Cl)nc1Cl. The molecule has 0 saturated carbocycles. The molecule has 1 amide bonds. The Hall–Kier alpha value is -0.980. The standard InChI is InChI=1S/C10H10Cl2N2O3S/c11-7-2-1-5(8(12)14-7)9(15)13-6(3-4-18)10(16)17/h1-2,6,18H,3-4H2,(H,13,15)(H,16,17). The quantitative estimate of drug-likeness (QED) is 0.573. The van der Waals surface area contributed by atoms with Crippen molar-refractivity contribution >= 4 is 47.7 Å². The van der Waals surface area contributed by atoms with E-state index in [1.54, 1.807) is 0 Å². The van der Waals surface area contributed by atoms with Crippen molar-refractivity contribution in [2.24, 2.45) is 0 Å². The van der Waals surface area contributed by atoms with Crippen LogP contribution in [-0.4, -0.2) is 33.8 Å². The van der Waals surface area contributed by atoms with Gasteiger partial charge in [-0.15, -0.1) is 0 Å². The zero-order chi connectivity index (χ0) is 13.7. The van der Waals surface area contributed by atoms with E-state index < -0.39 is 17.9 Å². The summed E-state index contributed by atoms with van der Waals surface area (Å²) in [6.45, 7) is 0. The lowest BCUT2D eigenvalue weighted by Crippen LogP contribution is -2.41. The molecule has 0 aliphatic rings. The number of pyridine rings is 1. The number of carbonyl (C=O) groups excluding carboxylic acids is 1. The van der Waals surface area contributed by atoms with Crippen LogP contribution in [0.1, 0.15) is 16.8 Å². The van der Waals surface area contributed by atoms with Gasteiger partial charge in [-0.05, 0) is 24.3 Å². The second-order valence-electron chi connectivity index (χ2n) is 3.35. The Morgan fingerprint density at radius 1 is 1.44 bits per heavy atom. The maximum Gasteiger partial charge on any atom is 0.326 e. The number of halogens is 2. The number of nitrogens with one attached hydrogen (secondary N) is 1. The van der Waals surface area contributed by atoms with Gasteiger partial charge in [0.15, 0.2) is 0 Å². The highest BCUT2D eigenvalue weighted by Gasteiger charge is 2.21. The van der Waals surface area contributed by atoms with E-state index in [4.69, 9.17) is 28.3 Å². The normalized spacial score (nSPS) is 11.9. The molecule has 0 bridgehead atoms. The highest BCUT2D eigenvalue weighted by Crippen LogP contribution is 2.16. The van der Waals surface area contributed by atoms with E-state index in [0.717, 1.165) is 0 Å². The molecule has 1 rings (SSSR count). The van der Waals surface area contributed by atoms with Crippen molar-refractivity contribution in [2.45, 2.75) is 12.5 Å². The van der Waals surface area contributed by atoms with Gasteiger partial charge >= 0.3 is 5.97 Å². The van der Waals surface area contributed by atoms with Crippen LogP contribution in [0.4, 0.5) is 0 Å². The molecule has 1 heterocycles. The Bertz CT molecular complexity index is 470. The molecule has 2 N–H and O–H groups in total. The molecule has 0 radical (unpaired) electrons. The van der Waals surface area contributed by atoms with E-state index in [2.05, 4.69) is 22.9 Å². The maximum absolute atomic E-state index is 11.8. The molecule has 1 unspecified atom stereocenters. The second kappa shape index (κ2) is 6.82. The number of carbonyl (C=O) groups is 2. The van der Waals surface area contributed by atoms with Crippen molar-refractivity contribution in [3.05, 3.63) is 28.0 Å². The number of carboxylic acid groups (broad SMARTS) is 1. The molecule has 1 aromatic heterocycles. The third-order valence-corrected chi connectivity index (χ3v) is 2.84. The third-order valence-electron chi connectivity index (χ3n) is 2.08. The van der Waals surface area contributed by atoms with Gasteiger partial charge < -0.3 is 10.4 Å². The van der Waals surface area contributed by atoms with Crippen LogP contribution < -0.4 is 5.32 Å². The van der Waals surface area contributed by atoms with Gasteiger partial charge in [-0.25, -0.2) is 9.78 Å². The Morgan fingerprint density at radius 3 is 2.61 bits per heavy atom. The van der Waals surface area contributed by atoms with Gasteiger partial charge in [0.25, 0.3) is 5.91 Å². The number of amides is 1. The number of carboxylic acids is 1. The van der Waals surface area contributed by atoms with E-state index >= 15 is 0 Å². The lowest BCUT2D eigenvalue weighted by Gasteiger charge is -2.13. The molecule has 0 spiro atoms.